The zero-order chi connectivity index (χ0) is 15.7. The Morgan fingerprint density at radius 2 is 1.95 bits per heavy atom. The van der Waals surface area contributed by atoms with Crippen molar-refractivity contribution in [3.63, 3.8) is 0 Å². The third-order valence-electron chi connectivity index (χ3n) is 3.30. The van der Waals surface area contributed by atoms with E-state index >= 15 is 0 Å². The molecule has 112 valence electrons. The largest absolute Gasteiger partial charge is 0.462 e. The molecule has 4 nitrogen and oxygen atoms in total. The van der Waals surface area contributed by atoms with Crippen molar-refractivity contribution in [3.05, 3.63) is 53.8 Å². The normalized spacial score (nSPS) is 10.8. The highest BCUT2D eigenvalue weighted by atomic mass is 19.1. The Labute approximate surface area is 126 Å². The van der Waals surface area contributed by atoms with Gasteiger partial charge in [-0.25, -0.2) is 9.18 Å². The van der Waals surface area contributed by atoms with E-state index in [9.17, 15) is 9.18 Å². The van der Waals surface area contributed by atoms with Gasteiger partial charge in [0.25, 0.3) is 0 Å². The summed E-state index contributed by atoms with van der Waals surface area (Å²) in [5, 5.41) is 0.618. The first-order valence-corrected chi connectivity index (χ1v) is 6.85. The highest BCUT2D eigenvalue weighted by molar-refractivity contribution is 6.09. The molecule has 0 radical (unpaired) electrons. The predicted octanol–water partition coefficient (Wildman–Crippen LogP) is 4.00. The molecule has 0 unspecified atom stereocenters. The molecule has 1 aromatic heterocycles. The first kappa shape index (κ1) is 14.1. The molecule has 5 heteroatoms. The van der Waals surface area contributed by atoms with Crippen LogP contribution in [0.25, 0.3) is 22.3 Å². The SMILES string of the molecule is CCOC(=O)c1c(-c2ccc(F)cc2)oc2cc(N)ccc12. The number of fused-ring (bicyclic) bond motifs is 1. The van der Waals surface area contributed by atoms with E-state index in [0.29, 0.717) is 33.5 Å². The maximum absolute atomic E-state index is 13.1. The lowest BCUT2D eigenvalue weighted by Gasteiger charge is -2.03. The van der Waals surface area contributed by atoms with Gasteiger partial charge in [0.2, 0.25) is 0 Å². The van der Waals surface area contributed by atoms with Crippen LogP contribution < -0.4 is 5.73 Å². The van der Waals surface area contributed by atoms with Gasteiger partial charge in [0.05, 0.1) is 6.61 Å². The number of rotatable bonds is 3. The van der Waals surface area contributed by atoms with Gasteiger partial charge in [0, 0.05) is 22.7 Å². The molecule has 0 bridgehead atoms. The monoisotopic (exact) mass is 299 g/mol. The first-order valence-electron chi connectivity index (χ1n) is 6.85. The van der Waals surface area contributed by atoms with Crippen LogP contribution in [0.1, 0.15) is 17.3 Å². The van der Waals surface area contributed by atoms with E-state index in [0.717, 1.165) is 0 Å². The second-order valence-electron chi connectivity index (χ2n) is 4.79. The number of nitrogens with two attached hydrogens (primary N) is 1. The molecule has 0 amide bonds. The van der Waals surface area contributed by atoms with Crippen molar-refractivity contribution >= 4 is 22.6 Å². The number of carbonyl (C=O) groups is 1. The average Bonchev–Trinajstić information content (AvgIpc) is 2.86. The summed E-state index contributed by atoms with van der Waals surface area (Å²) in [7, 11) is 0. The van der Waals surface area contributed by atoms with E-state index in [1.807, 2.05) is 0 Å². The fraction of sp³-hybridized carbons (Fsp3) is 0.118. The van der Waals surface area contributed by atoms with Gasteiger partial charge in [-0.15, -0.1) is 0 Å². The summed E-state index contributed by atoms with van der Waals surface area (Å²) in [6.07, 6.45) is 0. The van der Waals surface area contributed by atoms with Gasteiger partial charge >= 0.3 is 5.97 Å². The fourth-order valence-corrected chi connectivity index (χ4v) is 2.32. The molecule has 3 rings (SSSR count). The molecular formula is C17H14FNO3. The number of hydrogen-bond acceptors (Lipinski definition) is 4. The number of nitrogen functional groups attached to an aromatic ring is 1. The van der Waals surface area contributed by atoms with Gasteiger partial charge < -0.3 is 14.9 Å². The average molecular weight is 299 g/mol. The predicted molar refractivity (Wildman–Crippen MR) is 82.0 cm³/mol. The van der Waals surface area contributed by atoms with E-state index in [2.05, 4.69) is 0 Å². The number of furan rings is 1. The van der Waals surface area contributed by atoms with Gasteiger partial charge in [-0.1, -0.05) is 0 Å². The van der Waals surface area contributed by atoms with E-state index in [-0.39, 0.29) is 12.4 Å². The van der Waals surface area contributed by atoms with Gasteiger partial charge in [-0.2, -0.15) is 0 Å². The van der Waals surface area contributed by atoms with Crippen LogP contribution in [0.3, 0.4) is 0 Å². The quantitative estimate of drug-likeness (QED) is 0.586. The minimum atomic E-state index is -0.481. The van der Waals surface area contributed by atoms with Crippen molar-refractivity contribution in [2.45, 2.75) is 6.92 Å². The molecule has 0 saturated heterocycles. The Morgan fingerprint density at radius 3 is 2.64 bits per heavy atom. The number of anilines is 1. The minimum Gasteiger partial charge on any atom is -0.462 e. The lowest BCUT2D eigenvalue weighted by molar-refractivity contribution is 0.0529. The number of benzene rings is 2. The molecule has 3 aromatic rings. The lowest BCUT2D eigenvalue weighted by atomic mass is 10.1. The number of esters is 1. The maximum Gasteiger partial charge on any atom is 0.342 e. The van der Waals surface area contributed by atoms with Crippen molar-refractivity contribution in [2.24, 2.45) is 0 Å². The molecular weight excluding hydrogens is 285 g/mol. The molecule has 0 spiro atoms. The summed E-state index contributed by atoms with van der Waals surface area (Å²) in [6, 6.07) is 10.8. The summed E-state index contributed by atoms with van der Waals surface area (Å²) >= 11 is 0. The summed E-state index contributed by atoms with van der Waals surface area (Å²) in [5.41, 5.74) is 7.69. The third kappa shape index (κ3) is 2.41. The molecule has 2 N–H and O–H groups in total. The Balaban J connectivity index is 2.25. The maximum atomic E-state index is 13.1. The molecule has 0 fully saturated rings. The molecule has 1 heterocycles. The van der Waals surface area contributed by atoms with Gasteiger partial charge in [-0.3, -0.25) is 0 Å². The highest BCUT2D eigenvalue weighted by Crippen LogP contribution is 2.35. The Morgan fingerprint density at radius 1 is 1.23 bits per heavy atom. The Bertz CT molecular complexity index is 837. The lowest BCUT2D eigenvalue weighted by Crippen LogP contribution is -2.05. The second kappa shape index (κ2) is 5.52. The highest BCUT2D eigenvalue weighted by Gasteiger charge is 2.23. The van der Waals surface area contributed by atoms with E-state index in [1.165, 1.54) is 12.1 Å². The standard InChI is InChI=1S/C17H14FNO3/c1-2-21-17(20)15-13-8-7-12(19)9-14(13)22-16(15)10-3-5-11(18)6-4-10/h3-9H,2,19H2,1H3. The smallest absolute Gasteiger partial charge is 0.342 e. The van der Waals surface area contributed by atoms with Crippen molar-refractivity contribution in [3.8, 4) is 11.3 Å². The number of carbonyl (C=O) groups excluding carboxylic acids is 1. The van der Waals surface area contributed by atoms with Gasteiger partial charge in [-0.05, 0) is 43.3 Å². The van der Waals surface area contributed by atoms with Gasteiger partial charge in [0.15, 0.2) is 0 Å². The molecule has 0 saturated carbocycles. The van der Waals surface area contributed by atoms with Crippen molar-refractivity contribution in [2.75, 3.05) is 12.3 Å². The van der Waals surface area contributed by atoms with Crippen LogP contribution in [-0.4, -0.2) is 12.6 Å². The summed E-state index contributed by atoms with van der Waals surface area (Å²) in [6.45, 7) is 1.99. The van der Waals surface area contributed by atoms with Crippen LogP contribution in [0.5, 0.6) is 0 Å². The zero-order valence-corrected chi connectivity index (χ0v) is 11.9. The first-order chi connectivity index (χ1) is 10.6. The summed E-state index contributed by atoms with van der Waals surface area (Å²) in [5.74, 6) is -0.494. The second-order valence-corrected chi connectivity index (χ2v) is 4.79. The van der Waals surface area contributed by atoms with Crippen LogP contribution in [0.15, 0.2) is 46.9 Å². The van der Waals surface area contributed by atoms with Crippen molar-refractivity contribution < 1.29 is 18.3 Å². The van der Waals surface area contributed by atoms with Crippen molar-refractivity contribution in [1.29, 1.82) is 0 Å². The van der Waals surface area contributed by atoms with Crippen LogP contribution >= 0.6 is 0 Å². The number of ether oxygens (including phenoxy) is 1. The molecule has 2 aromatic carbocycles. The van der Waals surface area contributed by atoms with Crippen LogP contribution in [-0.2, 0) is 4.74 Å². The summed E-state index contributed by atoms with van der Waals surface area (Å²) < 4.78 is 24.0. The molecule has 22 heavy (non-hydrogen) atoms. The Kier molecular flexibility index (Phi) is 3.55. The van der Waals surface area contributed by atoms with E-state index < -0.39 is 5.97 Å². The van der Waals surface area contributed by atoms with Gasteiger partial charge in [0.1, 0.15) is 22.7 Å². The number of halogens is 1. The molecule has 0 aliphatic carbocycles. The number of hydrogen-bond donors (Lipinski definition) is 1. The van der Waals surface area contributed by atoms with Crippen LogP contribution in [0, 0.1) is 5.82 Å². The van der Waals surface area contributed by atoms with E-state index in [1.54, 1.807) is 37.3 Å². The Hall–Kier alpha value is -2.82. The molecule has 0 aliphatic heterocycles. The minimum absolute atomic E-state index is 0.253. The summed E-state index contributed by atoms with van der Waals surface area (Å²) in [4.78, 5) is 12.3. The molecule has 0 atom stereocenters. The van der Waals surface area contributed by atoms with Crippen LogP contribution in [0.2, 0.25) is 0 Å². The topological polar surface area (TPSA) is 65.5 Å². The molecule has 0 aliphatic rings. The zero-order valence-electron chi connectivity index (χ0n) is 11.9. The third-order valence-corrected chi connectivity index (χ3v) is 3.30. The van der Waals surface area contributed by atoms with E-state index in [4.69, 9.17) is 14.9 Å². The fourth-order valence-electron chi connectivity index (χ4n) is 2.32. The van der Waals surface area contributed by atoms with Crippen LogP contribution in [0.4, 0.5) is 10.1 Å². The van der Waals surface area contributed by atoms with Crippen molar-refractivity contribution in [1.82, 2.24) is 0 Å².